The van der Waals surface area contributed by atoms with Gasteiger partial charge in [0.25, 0.3) is 0 Å². The molecular formula is C12H15N5. The van der Waals surface area contributed by atoms with E-state index in [1.807, 2.05) is 7.05 Å². The molecule has 1 atom stereocenters. The molecule has 0 amide bonds. The molecule has 2 aromatic heterocycles. The molecule has 0 aromatic carbocycles. The number of hydrogen-bond acceptors (Lipinski definition) is 4. The van der Waals surface area contributed by atoms with Crippen molar-refractivity contribution in [3.05, 3.63) is 24.2 Å². The van der Waals surface area contributed by atoms with E-state index in [4.69, 9.17) is 5.73 Å². The largest absolute Gasteiger partial charge is 0.383 e. The molecule has 5 heteroatoms. The Balaban J connectivity index is 2.21. The Morgan fingerprint density at radius 3 is 2.94 bits per heavy atom. The maximum Gasteiger partial charge on any atom is 0.145 e. The van der Waals surface area contributed by atoms with Crippen LogP contribution in [-0.4, -0.2) is 27.1 Å². The molecule has 0 saturated carbocycles. The monoisotopic (exact) mass is 229 g/mol. The highest BCUT2D eigenvalue weighted by Crippen LogP contribution is 2.26. The minimum Gasteiger partial charge on any atom is -0.383 e. The van der Waals surface area contributed by atoms with E-state index in [-0.39, 0.29) is 0 Å². The number of aromatic nitrogens is 3. The minimum atomic E-state index is 0.423. The van der Waals surface area contributed by atoms with Gasteiger partial charge in [0.15, 0.2) is 0 Å². The fraction of sp³-hybridized carbons (Fsp3) is 0.333. The van der Waals surface area contributed by atoms with Crippen molar-refractivity contribution in [3.8, 4) is 0 Å². The van der Waals surface area contributed by atoms with Crippen molar-refractivity contribution in [2.24, 2.45) is 7.05 Å². The molecule has 0 fully saturated rings. The number of rotatable bonds is 1. The van der Waals surface area contributed by atoms with Crippen LogP contribution in [-0.2, 0) is 7.05 Å². The molecule has 5 nitrogen and oxygen atoms in total. The lowest BCUT2D eigenvalue weighted by Crippen LogP contribution is -2.18. The zero-order chi connectivity index (χ0) is 12.0. The summed E-state index contributed by atoms with van der Waals surface area (Å²) in [5.41, 5.74) is 9.19. The topological polar surface area (TPSA) is 68.8 Å². The third-order valence-corrected chi connectivity index (χ3v) is 3.25. The van der Waals surface area contributed by atoms with Crippen molar-refractivity contribution in [1.29, 1.82) is 0 Å². The van der Waals surface area contributed by atoms with Gasteiger partial charge in [-0.25, -0.2) is 9.97 Å². The number of anilines is 1. The average molecular weight is 229 g/mol. The lowest BCUT2D eigenvalue weighted by molar-refractivity contribution is 0.727. The van der Waals surface area contributed by atoms with E-state index in [0.717, 1.165) is 23.3 Å². The zero-order valence-electron chi connectivity index (χ0n) is 9.94. The Labute approximate surface area is 99.4 Å². The standard InChI is InChI=1S/C12H15N5/c1-7-3-8(5-14-7)10-4-9-11(13)15-6-16-12(9)17(10)2/h3-4,6-7,14H,5H2,1-2H3,(H2,13,15,16). The van der Waals surface area contributed by atoms with E-state index >= 15 is 0 Å². The summed E-state index contributed by atoms with van der Waals surface area (Å²) < 4.78 is 2.07. The van der Waals surface area contributed by atoms with Crippen LogP contribution in [0.5, 0.6) is 0 Å². The molecule has 1 aliphatic rings. The highest BCUT2D eigenvalue weighted by Gasteiger charge is 2.17. The highest BCUT2D eigenvalue weighted by atomic mass is 15.1. The fourth-order valence-corrected chi connectivity index (χ4v) is 2.33. The van der Waals surface area contributed by atoms with Crippen LogP contribution in [0.15, 0.2) is 18.5 Å². The second-order valence-corrected chi connectivity index (χ2v) is 4.45. The lowest BCUT2D eigenvalue weighted by atomic mass is 10.2. The summed E-state index contributed by atoms with van der Waals surface area (Å²) in [6, 6.07) is 2.49. The first kappa shape index (κ1) is 10.3. The van der Waals surface area contributed by atoms with Gasteiger partial charge in [0, 0.05) is 25.3 Å². The Morgan fingerprint density at radius 1 is 1.47 bits per heavy atom. The third-order valence-electron chi connectivity index (χ3n) is 3.25. The van der Waals surface area contributed by atoms with Gasteiger partial charge < -0.3 is 15.6 Å². The van der Waals surface area contributed by atoms with Crippen molar-refractivity contribution in [1.82, 2.24) is 19.9 Å². The fourth-order valence-electron chi connectivity index (χ4n) is 2.33. The van der Waals surface area contributed by atoms with Crippen LogP contribution < -0.4 is 11.1 Å². The second-order valence-electron chi connectivity index (χ2n) is 4.45. The van der Waals surface area contributed by atoms with Crippen molar-refractivity contribution in [2.45, 2.75) is 13.0 Å². The lowest BCUT2D eigenvalue weighted by Gasteiger charge is -2.03. The predicted octanol–water partition coefficient (Wildman–Crippen LogP) is 0.926. The van der Waals surface area contributed by atoms with Gasteiger partial charge in [-0.1, -0.05) is 6.08 Å². The molecule has 0 spiro atoms. The molecule has 0 saturated heterocycles. The minimum absolute atomic E-state index is 0.423. The molecule has 0 radical (unpaired) electrons. The van der Waals surface area contributed by atoms with Gasteiger partial charge in [-0.05, 0) is 18.6 Å². The van der Waals surface area contributed by atoms with Crippen LogP contribution in [0.2, 0.25) is 0 Å². The van der Waals surface area contributed by atoms with Crippen molar-refractivity contribution < 1.29 is 0 Å². The zero-order valence-corrected chi connectivity index (χ0v) is 9.94. The van der Waals surface area contributed by atoms with Crippen LogP contribution in [0.25, 0.3) is 16.6 Å². The summed E-state index contributed by atoms with van der Waals surface area (Å²) >= 11 is 0. The smallest absolute Gasteiger partial charge is 0.145 e. The summed E-state index contributed by atoms with van der Waals surface area (Å²) in [5, 5.41) is 4.30. The molecule has 1 aliphatic heterocycles. The summed E-state index contributed by atoms with van der Waals surface area (Å²) in [5.74, 6) is 0.538. The molecule has 3 N–H and O–H groups in total. The van der Waals surface area contributed by atoms with Gasteiger partial charge in [-0.15, -0.1) is 0 Å². The molecular weight excluding hydrogens is 214 g/mol. The van der Waals surface area contributed by atoms with Crippen LogP contribution in [0, 0.1) is 0 Å². The molecule has 3 heterocycles. The molecule has 17 heavy (non-hydrogen) atoms. The number of nitrogens with one attached hydrogen (secondary N) is 1. The van der Waals surface area contributed by atoms with Gasteiger partial charge in [-0.3, -0.25) is 0 Å². The van der Waals surface area contributed by atoms with Gasteiger partial charge in [0.2, 0.25) is 0 Å². The van der Waals surface area contributed by atoms with E-state index < -0.39 is 0 Å². The first-order chi connectivity index (χ1) is 8.16. The van der Waals surface area contributed by atoms with Gasteiger partial charge >= 0.3 is 0 Å². The van der Waals surface area contributed by atoms with E-state index in [1.54, 1.807) is 0 Å². The first-order valence-electron chi connectivity index (χ1n) is 5.67. The van der Waals surface area contributed by atoms with E-state index in [9.17, 15) is 0 Å². The number of nitrogen functional groups attached to an aromatic ring is 1. The van der Waals surface area contributed by atoms with Gasteiger partial charge in [0.05, 0.1) is 5.39 Å². The average Bonchev–Trinajstić information content (AvgIpc) is 2.85. The second kappa shape index (κ2) is 3.56. The van der Waals surface area contributed by atoms with E-state index in [1.165, 1.54) is 11.9 Å². The Bertz CT molecular complexity index is 611. The van der Waals surface area contributed by atoms with Crippen molar-refractivity contribution in [2.75, 3.05) is 12.3 Å². The van der Waals surface area contributed by atoms with E-state index in [2.05, 4.69) is 38.9 Å². The van der Waals surface area contributed by atoms with Gasteiger partial charge in [0.1, 0.15) is 17.8 Å². The normalized spacial score (nSPS) is 19.9. The summed E-state index contributed by atoms with van der Waals surface area (Å²) in [6.07, 6.45) is 3.74. The molecule has 3 rings (SSSR count). The van der Waals surface area contributed by atoms with Crippen molar-refractivity contribution >= 4 is 22.4 Å². The number of nitrogens with two attached hydrogens (primary N) is 1. The SMILES string of the molecule is CC1C=C(c2cc3c(N)ncnc3n2C)CN1. The maximum absolute atomic E-state index is 5.86. The third kappa shape index (κ3) is 1.51. The van der Waals surface area contributed by atoms with Crippen molar-refractivity contribution in [3.63, 3.8) is 0 Å². The summed E-state index contributed by atoms with van der Waals surface area (Å²) in [7, 11) is 2.01. The molecule has 0 aliphatic carbocycles. The molecule has 0 bridgehead atoms. The molecule has 1 unspecified atom stereocenters. The van der Waals surface area contributed by atoms with E-state index in [0.29, 0.717) is 11.9 Å². The predicted molar refractivity (Wildman–Crippen MR) is 68.4 cm³/mol. The summed E-state index contributed by atoms with van der Waals surface area (Å²) in [6.45, 7) is 3.03. The molecule has 88 valence electrons. The molecule has 2 aromatic rings. The Kier molecular flexibility index (Phi) is 2.16. The van der Waals surface area contributed by atoms with Crippen LogP contribution >= 0.6 is 0 Å². The maximum atomic E-state index is 5.86. The van der Waals surface area contributed by atoms with Crippen LogP contribution in [0.1, 0.15) is 12.6 Å². The number of hydrogen-bond donors (Lipinski definition) is 2. The first-order valence-corrected chi connectivity index (χ1v) is 5.67. The number of aryl methyl sites for hydroxylation is 1. The Morgan fingerprint density at radius 2 is 2.29 bits per heavy atom. The quantitative estimate of drug-likeness (QED) is 0.763. The van der Waals surface area contributed by atoms with Crippen LogP contribution in [0.4, 0.5) is 5.82 Å². The van der Waals surface area contributed by atoms with Crippen LogP contribution in [0.3, 0.4) is 0 Å². The number of fused-ring (bicyclic) bond motifs is 1. The Hall–Kier alpha value is -1.88. The number of nitrogens with zero attached hydrogens (tertiary/aromatic N) is 3. The van der Waals surface area contributed by atoms with Gasteiger partial charge in [-0.2, -0.15) is 0 Å². The summed E-state index contributed by atoms with van der Waals surface area (Å²) in [4.78, 5) is 8.30. The highest BCUT2D eigenvalue weighted by molar-refractivity contribution is 5.90.